The highest BCUT2D eigenvalue weighted by molar-refractivity contribution is 5.75. The number of unbranched alkanes of at least 4 members (excludes halogenated alkanes) is 1. The highest BCUT2D eigenvalue weighted by Crippen LogP contribution is 2.00. The van der Waals surface area contributed by atoms with Crippen LogP contribution in [0.3, 0.4) is 0 Å². The number of hydrogen-bond donors (Lipinski definition) is 1. The number of aliphatic hydroxyl groups excluding tert-OH is 1. The van der Waals surface area contributed by atoms with E-state index in [1.807, 2.05) is 0 Å². The van der Waals surface area contributed by atoms with E-state index in [0.29, 0.717) is 12.8 Å². The Bertz CT molecular complexity index is 275. The number of rotatable bonds is 7. The molecule has 9 nitrogen and oxygen atoms in total. The molecule has 0 aromatic carbocycles. The highest BCUT2D eigenvalue weighted by atomic mass is 16.5. The van der Waals surface area contributed by atoms with Gasteiger partial charge < -0.3 is 9.84 Å². The number of carbonyl (C=O) groups excluding carboxylic acids is 1. The van der Waals surface area contributed by atoms with Crippen molar-refractivity contribution in [3.8, 4) is 0 Å². The molecule has 0 heterocycles. The quantitative estimate of drug-likeness (QED) is 0.223. The molecule has 0 aromatic rings. The number of ether oxygens (including phenoxy) is 1. The molecular weight excluding hydrogens is 204 g/mol. The van der Waals surface area contributed by atoms with E-state index < -0.39 is 12.1 Å². The number of nitrogens with zero attached hydrogens (tertiary/aromatic N) is 6. The summed E-state index contributed by atoms with van der Waals surface area (Å²) in [6.07, 6.45) is -0.517. The first-order valence-corrected chi connectivity index (χ1v) is 4.12. The Balaban J connectivity index is 4.03. The SMILES string of the molecule is [N-]=[N+]=NC(N=[N+]=[N-])C(=O)OCCCCO. The van der Waals surface area contributed by atoms with Crippen LogP contribution in [0.15, 0.2) is 10.2 Å². The molecule has 0 bridgehead atoms. The molecule has 1 N–H and O–H groups in total. The lowest BCUT2D eigenvalue weighted by Crippen LogP contribution is -2.19. The summed E-state index contributed by atoms with van der Waals surface area (Å²) < 4.78 is 4.63. The molecule has 9 heteroatoms. The van der Waals surface area contributed by atoms with Gasteiger partial charge in [-0.3, -0.25) is 4.79 Å². The molecule has 82 valence electrons. The molecule has 0 aliphatic rings. The number of aliphatic hydroxyl groups is 1. The maximum atomic E-state index is 11.1. The van der Waals surface area contributed by atoms with Crippen molar-refractivity contribution in [3.63, 3.8) is 0 Å². The summed E-state index contributed by atoms with van der Waals surface area (Å²) in [5.74, 6) is -0.900. The van der Waals surface area contributed by atoms with Gasteiger partial charge in [-0.05, 0) is 23.9 Å². The molecule has 0 aliphatic heterocycles. The van der Waals surface area contributed by atoms with E-state index in [4.69, 9.17) is 16.2 Å². The second kappa shape index (κ2) is 8.64. The number of azide groups is 1. The Morgan fingerprint density at radius 1 is 1.33 bits per heavy atom. The fourth-order valence-corrected chi connectivity index (χ4v) is 0.676. The van der Waals surface area contributed by atoms with Gasteiger partial charge >= 0.3 is 5.97 Å². The van der Waals surface area contributed by atoms with Gasteiger partial charge in [-0.25, -0.2) is 0 Å². The molecule has 0 saturated heterocycles. The third-order valence-corrected chi connectivity index (χ3v) is 1.33. The van der Waals surface area contributed by atoms with Crippen molar-refractivity contribution in [2.24, 2.45) is 10.2 Å². The summed E-state index contributed by atoms with van der Waals surface area (Å²) in [6.45, 7) is 0.0888. The van der Waals surface area contributed by atoms with E-state index in [1.165, 1.54) is 0 Å². The predicted octanol–water partition coefficient (Wildman–Crippen LogP) is 1.25. The zero-order chi connectivity index (χ0) is 11.5. The summed E-state index contributed by atoms with van der Waals surface area (Å²) in [4.78, 5) is 15.8. The minimum absolute atomic E-state index is 0.00761. The van der Waals surface area contributed by atoms with Gasteiger partial charge in [0.25, 0.3) is 0 Å². The first-order chi connectivity index (χ1) is 7.26. The molecule has 0 radical (unpaired) electrons. The molecule has 0 fully saturated rings. The van der Waals surface area contributed by atoms with Gasteiger partial charge in [0.15, 0.2) is 0 Å². The Morgan fingerprint density at radius 3 is 2.40 bits per heavy atom. The Labute approximate surface area is 84.9 Å². The van der Waals surface area contributed by atoms with Gasteiger partial charge in [0, 0.05) is 16.4 Å². The van der Waals surface area contributed by atoms with Gasteiger partial charge in [-0.1, -0.05) is 10.2 Å². The second-order valence-corrected chi connectivity index (χ2v) is 2.38. The number of carbonyl (C=O) groups is 1. The third-order valence-electron chi connectivity index (χ3n) is 1.33. The normalized spacial score (nSPS) is 10.7. The van der Waals surface area contributed by atoms with Crippen LogP contribution in [0.5, 0.6) is 0 Å². The Hall–Kier alpha value is -1.95. The topological polar surface area (TPSA) is 144 Å². The van der Waals surface area contributed by atoms with Crippen LogP contribution in [0.1, 0.15) is 12.8 Å². The van der Waals surface area contributed by atoms with E-state index in [1.54, 1.807) is 0 Å². The van der Waals surface area contributed by atoms with Crippen molar-refractivity contribution in [2.45, 2.75) is 19.0 Å². The summed E-state index contributed by atoms with van der Waals surface area (Å²) in [7, 11) is 0. The zero-order valence-electron chi connectivity index (χ0n) is 7.85. The lowest BCUT2D eigenvalue weighted by atomic mass is 10.3. The molecule has 0 saturated carbocycles. The van der Waals surface area contributed by atoms with E-state index in [0.717, 1.165) is 0 Å². The highest BCUT2D eigenvalue weighted by Gasteiger charge is 2.15. The van der Waals surface area contributed by atoms with Gasteiger partial charge in [-0.15, -0.1) is 0 Å². The van der Waals surface area contributed by atoms with Gasteiger partial charge in [0.1, 0.15) is 0 Å². The monoisotopic (exact) mass is 214 g/mol. The van der Waals surface area contributed by atoms with E-state index in [-0.39, 0.29) is 13.2 Å². The van der Waals surface area contributed by atoms with Crippen LogP contribution < -0.4 is 0 Å². The standard InChI is InChI=1S/C6H10N6O3/c7-11-9-5(10-12-8)6(14)15-4-2-1-3-13/h5,13H,1-4H2. The maximum absolute atomic E-state index is 11.1. The summed E-state index contributed by atoms with van der Waals surface area (Å²) >= 11 is 0. The van der Waals surface area contributed by atoms with Crippen molar-refractivity contribution in [1.82, 2.24) is 0 Å². The van der Waals surface area contributed by atoms with Crippen LogP contribution in [-0.4, -0.2) is 30.5 Å². The van der Waals surface area contributed by atoms with Crippen LogP contribution >= 0.6 is 0 Å². The number of hydrogen-bond acceptors (Lipinski definition) is 5. The van der Waals surface area contributed by atoms with Crippen LogP contribution in [0.4, 0.5) is 0 Å². The predicted molar refractivity (Wildman–Crippen MR) is 49.4 cm³/mol. The van der Waals surface area contributed by atoms with E-state index >= 15 is 0 Å². The average molecular weight is 214 g/mol. The van der Waals surface area contributed by atoms with Crippen molar-refractivity contribution < 1.29 is 14.6 Å². The lowest BCUT2D eigenvalue weighted by molar-refractivity contribution is -0.145. The average Bonchev–Trinajstić information content (AvgIpc) is 2.24. The first kappa shape index (κ1) is 13.1. The molecule has 0 atom stereocenters. The fraction of sp³-hybridized carbons (Fsp3) is 0.833. The van der Waals surface area contributed by atoms with Crippen molar-refractivity contribution in [2.75, 3.05) is 13.2 Å². The largest absolute Gasteiger partial charge is 0.465 e. The lowest BCUT2D eigenvalue weighted by Gasteiger charge is -2.05. The van der Waals surface area contributed by atoms with Crippen LogP contribution in [0.25, 0.3) is 20.9 Å². The molecular formula is C6H10N6O3. The smallest absolute Gasteiger partial charge is 0.320 e. The number of esters is 1. The Kier molecular flexibility index (Phi) is 7.52. The summed E-state index contributed by atoms with van der Waals surface area (Å²) in [6, 6.07) is 0. The third kappa shape index (κ3) is 6.17. The molecule has 0 unspecified atom stereocenters. The van der Waals surface area contributed by atoms with E-state index in [9.17, 15) is 4.79 Å². The molecule has 0 rings (SSSR count). The first-order valence-electron chi connectivity index (χ1n) is 4.12. The summed E-state index contributed by atoms with van der Waals surface area (Å²) in [5, 5.41) is 14.3. The molecule has 15 heavy (non-hydrogen) atoms. The molecule has 0 amide bonds. The molecule has 0 aromatic heterocycles. The minimum atomic E-state index is -1.51. The van der Waals surface area contributed by atoms with E-state index in [2.05, 4.69) is 24.8 Å². The van der Waals surface area contributed by atoms with Crippen LogP contribution in [0, 0.1) is 0 Å². The zero-order valence-corrected chi connectivity index (χ0v) is 7.85. The summed E-state index contributed by atoms with van der Waals surface area (Å²) in [5.41, 5.74) is 16.1. The van der Waals surface area contributed by atoms with Crippen molar-refractivity contribution in [3.05, 3.63) is 20.9 Å². The van der Waals surface area contributed by atoms with Gasteiger partial charge in [0.05, 0.1) is 6.61 Å². The minimum Gasteiger partial charge on any atom is -0.465 e. The maximum Gasteiger partial charge on any atom is 0.320 e. The second-order valence-electron chi connectivity index (χ2n) is 2.38. The van der Waals surface area contributed by atoms with Crippen molar-refractivity contribution in [1.29, 1.82) is 0 Å². The van der Waals surface area contributed by atoms with Crippen LogP contribution in [-0.2, 0) is 9.53 Å². The van der Waals surface area contributed by atoms with Gasteiger partial charge in [0.2, 0.25) is 6.17 Å². The van der Waals surface area contributed by atoms with Crippen LogP contribution in [0.2, 0.25) is 0 Å². The fourth-order valence-electron chi connectivity index (χ4n) is 0.676. The van der Waals surface area contributed by atoms with Crippen molar-refractivity contribution >= 4 is 5.97 Å². The molecule has 0 aliphatic carbocycles. The molecule has 0 spiro atoms. The Morgan fingerprint density at radius 2 is 1.93 bits per heavy atom. The van der Waals surface area contributed by atoms with Gasteiger partial charge in [-0.2, -0.15) is 0 Å².